The van der Waals surface area contributed by atoms with Crippen molar-refractivity contribution in [2.24, 2.45) is 0 Å². The maximum atomic E-state index is 12.9. The van der Waals surface area contributed by atoms with Crippen LogP contribution < -0.4 is 0 Å². The van der Waals surface area contributed by atoms with Crippen LogP contribution in [0, 0.1) is 12.7 Å². The largest absolute Gasteiger partial charge is 0.235 e. The Morgan fingerprint density at radius 1 is 1.42 bits per heavy atom. The quantitative estimate of drug-likeness (QED) is 0.630. The molecule has 0 aromatic carbocycles. The standard InChI is InChI=1S/C8H8ClFN2/c1-4-6(10)7(9)12-8(11-4)5-2-3-5/h5H,2-3H2,1H3. The summed E-state index contributed by atoms with van der Waals surface area (Å²) in [6.07, 6.45) is 2.20. The first kappa shape index (κ1) is 7.92. The maximum absolute atomic E-state index is 12.9. The van der Waals surface area contributed by atoms with Gasteiger partial charge in [-0.15, -0.1) is 0 Å². The molecule has 0 atom stereocenters. The van der Waals surface area contributed by atoms with E-state index >= 15 is 0 Å². The maximum Gasteiger partial charge on any atom is 0.181 e. The fraction of sp³-hybridized carbons (Fsp3) is 0.500. The molecule has 64 valence electrons. The van der Waals surface area contributed by atoms with Crippen LogP contribution in [0.25, 0.3) is 0 Å². The van der Waals surface area contributed by atoms with Crippen LogP contribution in [0.5, 0.6) is 0 Å². The van der Waals surface area contributed by atoms with E-state index in [1.807, 2.05) is 0 Å². The van der Waals surface area contributed by atoms with Gasteiger partial charge in [0.2, 0.25) is 0 Å². The average molecular weight is 187 g/mol. The van der Waals surface area contributed by atoms with Gasteiger partial charge in [0, 0.05) is 5.92 Å². The monoisotopic (exact) mass is 186 g/mol. The van der Waals surface area contributed by atoms with Gasteiger partial charge in [-0.05, 0) is 19.8 Å². The van der Waals surface area contributed by atoms with Gasteiger partial charge in [-0.2, -0.15) is 0 Å². The summed E-state index contributed by atoms with van der Waals surface area (Å²) < 4.78 is 12.9. The zero-order valence-electron chi connectivity index (χ0n) is 6.64. The molecule has 1 aromatic heterocycles. The fourth-order valence-electron chi connectivity index (χ4n) is 1.07. The van der Waals surface area contributed by atoms with Crippen molar-refractivity contribution in [1.29, 1.82) is 0 Å². The number of nitrogens with zero attached hydrogens (tertiary/aromatic N) is 2. The van der Waals surface area contributed by atoms with Crippen LogP contribution in [0.3, 0.4) is 0 Å². The zero-order valence-corrected chi connectivity index (χ0v) is 7.40. The smallest absolute Gasteiger partial charge is 0.181 e. The van der Waals surface area contributed by atoms with Crippen molar-refractivity contribution in [2.75, 3.05) is 0 Å². The Hall–Kier alpha value is -0.700. The third-order valence-electron chi connectivity index (χ3n) is 1.94. The Kier molecular flexibility index (Phi) is 1.76. The Labute approximate surface area is 74.8 Å². The molecule has 2 rings (SSSR count). The normalized spacial score (nSPS) is 16.6. The summed E-state index contributed by atoms with van der Waals surface area (Å²) in [5, 5.41) is -0.0515. The van der Waals surface area contributed by atoms with Crippen molar-refractivity contribution in [3.05, 3.63) is 22.5 Å². The highest BCUT2D eigenvalue weighted by Crippen LogP contribution is 2.38. The minimum atomic E-state index is -0.499. The van der Waals surface area contributed by atoms with Crippen LogP contribution in [0.2, 0.25) is 5.15 Å². The lowest BCUT2D eigenvalue weighted by Crippen LogP contribution is -1.99. The highest BCUT2D eigenvalue weighted by molar-refractivity contribution is 6.29. The molecule has 0 unspecified atom stereocenters. The van der Waals surface area contributed by atoms with E-state index in [0.29, 0.717) is 17.4 Å². The van der Waals surface area contributed by atoms with Crippen LogP contribution in [0.1, 0.15) is 30.3 Å². The lowest BCUT2D eigenvalue weighted by Gasteiger charge is -2.01. The summed E-state index contributed by atoms with van der Waals surface area (Å²) in [4.78, 5) is 7.90. The third kappa shape index (κ3) is 1.29. The van der Waals surface area contributed by atoms with E-state index in [2.05, 4.69) is 9.97 Å². The van der Waals surface area contributed by atoms with Crippen molar-refractivity contribution >= 4 is 11.6 Å². The predicted octanol–water partition coefficient (Wildman–Crippen LogP) is 2.45. The van der Waals surface area contributed by atoms with E-state index in [0.717, 1.165) is 12.8 Å². The third-order valence-corrected chi connectivity index (χ3v) is 2.19. The van der Waals surface area contributed by atoms with Crippen molar-refractivity contribution < 1.29 is 4.39 Å². The summed E-state index contributed by atoms with van der Waals surface area (Å²) in [5.74, 6) is 0.613. The number of halogens is 2. The number of aryl methyl sites for hydroxylation is 1. The summed E-state index contributed by atoms with van der Waals surface area (Å²) in [5.41, 5.74) is 0.344. The molecule has 0 spiro atoms. The summed E-state index contributed by atoms with van der Waals surface area (Å²) in [6, 6.07) is 0. The molecule has 0 aliphatic heterocycles. The second-order valence-electron chi connectivity index (χ2n) is 3.05. The molecule has 0 radical (unpaired) electrons. The first-order valence-electron chi connectivity index (χ1n) is 3.88. The molecule has 0 N–H and O–H groups in total. The first-order chi connectivity index (χ1) is 5.68. The zero-order chi connectivity index (χ0) is 8.72. The number of aromatic nitrogens is 2. The van der Waals surface area contributed by atoms with E-state index in [4.69, 9.17) is 11.6 Å². The van der Waals surface area contributed by atoms with Gasteiger partial charge in [0.05, 0.1) is 5.69 Å². The van der Waals surface area contributed by atoms with Gasteiger partial charge < -0.3 is 0 Å². The second kappa shape index (κ2) is 2.66. The highest BCUT2D eigenvalue weighted by atomic mass is 35.5. The van der Waals surface area contributed by atoms with Crippen LogP contribution in [0.4, 0.5) is 4.39 Å². The molecule has 1 saturated carbocycles. The number of hydrogen-bond acceptors (Lipinski definition) is 2. The van der Waals surface area contributed by atoms with Gasteiger partial charge in [-0.3, -0.25) is 0 Å². The van der Waals surface area contributed by atoms with Crippen molar-refractivity contribution in [2.45, 2.75) is 25.7 Å². The Balaban J connectivity index is 2.45. The second-order valence-corrected chi connectivity index (χ2v) is 3.40. The molecule has 1 fully saturated rings. The van der Waals surface area contributed by atoms with E-state index in [1.54, 1.807) is 6.92 Å². The van der Waals surface area contributed by atoms with E-state index < -0.39 is 5.82 Å². The van der Waals surface area contributed by atoms with Crippen molar-refractivity contribution in [1.82, 2.24) is 9.97 Å². The Morgan fingerprint density at radius 3 is 2.58 bits per heavy atom. The van der Waals surface area contributed by atoms with Crippen LogP contribution >= 0.6 is 11.6 Å². The highest BCUT2D eigenvalue weighted by Gasteiger charge is 2.27. The molecular formula is C8H8ClFN2. The van der Waals surface area contributed by atoms with Crippen LogP contribution in [-0.2, 0) is 0 Å². The van der Waals surface area contributed by atoms with Crippen LogP contribution in [-0.4, -0.2) is 9.97 Å². The number of rotatable bonds is 1. The molecular weight excluding hydrogens is 179 g/mol. The molecule has 1 aliphatic carbocycles. The molecule has 12 heavy (non-hydrogen) atoms. The first-order valence-corrected chi connectivity index (χ1v) is 4.26. The van der Waals surface area contributed by atoms with E-state index in [1.165, 1.54) is 0 Å². The molecule has 2 nitrogen and oxygen atoms in total. The fourth-order valence-corrected chi connectivity index (χ4v) is 1.29. The van der Waals surface area contributed by atoms with Gasteiger partial charge in [0.25, 0.3) is 0 Å². The van der Waals surface area contributed by atoms with Gasteiger partial charge in [0.1, 0.15) is 5.82 Å². The minimum Gasteiger partial charge on any atom is -0.235 e. The summed E-state index contributed by atoms with van der Waals surface area (Å²) in [7, 11) is 0. The van der Waals surface area contributed by atoms with Gasteiger partial charge >= 0.3 is 0 Å². The van der Waals surface area contributed by atoms with E-state index in [-0.39, 0.29) is 5.15 Å². The van der Waals surface area contributed by atoms with Crippen LogP contribution in [0.15, 0.2) is 0 Å². The Morgan fingerprint density at radius 2 is 2.08 bits per heavy atom. The predicted molar refractivity (Wildman–Crippen MR) is 43.7 cm³/mol. The molecule has 0 saturated heterocycles. The summed E-state index contributed by atoms with van der Waals surface area (Å²) >= 11 is 5.56. The molecule has 0 amide bonds. The van der Waals surface area contributed by atoms with Gasteiger partial charge in [-0.25, -0.2) is 14.4 Å². The van der Waals surface area contributed by atoms with Gasteiger partial charge in [0.15, 0.2) is 11.0 Å². The topological polar surface area (TPSA) is 25.8 Å². The average Bonchev–Trinajstić information content (AvgIpc) is 2.81. The lowest BCUT2D eigenvalue weighted by atomic mass is 10.3. The molecule has 0 bridgehead atoms. The molecule has 1 heterocycles. The van der Waals surface area contributed by atoms with E-state index in [9.17, 15) is 4.39 Å². The molecule has 1 aromatic rings. The summed E-state index contributed by atoms with van der Waals surface area (Å²) in [6.45, 7) is 1.61. The lowest BCUT2D eigenvalue weighted by molar-refractivity contribution is 0.596. The number of hydrogen-bond donors (Lipinski definition) is 0. The van der Waals surface area contributed by atoms with Gasteiger partial charge in [-0.1, -0.05) is 11.6 Å². The SMILES string of the molecule is Cc1nc(C2CC2)nc(Cl)c1F. The molecule has 4 heteroatoms. The minimum absolute atomic E-state index is 0.0515. The van der Waals surface area contributed by atoms with Crippen molar-refractivity contribution in [3.63, 3.8) is 0 Å². The van der Waals surface area contributed by atoms with Crippen molar-refractivity contribution in [3.8, 4) is 0 Å². The molecule has 1 aliphatic rings. The Bertz CT molecular complexity index is 300.